The molecule has 0 fully saturated rings. The predicted molar refractivity (Wildman–Crippen MR) is 84.4 cm³/mol. The van der Waals surface area contributed by atoms with E-state index in [2.05, 4.69) is 10.6 Å². The van der Waals surface area contributed by atoms with Gasteiger partial charge in [-0.2, -0.15) is 0 Å². The molecule has 0 aliphatic carbocycles. The van der Waals surface area contributed by atoms with Gasteiger partial charge in [-0.05, 0) is 49.2 Å². The van der Waals surface area contributed by atoms with Crippen LogP contribution in [-0.2, 0) is 4.79 Å². The zero-order chi connectivity index (χ0) is 15.4. The maximum atomic E-state index is 13.6. The van der Waals surface area contributed by atoms with Crippen LogP contribution in [0.15, 0.2) is 36.4 Å². The molecule has 0 aromatic heterocycles. The van der Waals surface area contributed by atoms with Crippen molar-refractivity contribution in [1.29, 1.82) is 0 Å². The van der Waals surface area contributed by atoms with Crippen LogP contribution in [0, 0.1) is 19.7 Å². The van der Waals surface area contributed by atoms with E-state index >= 15 is 0 Å². The molecule has 0 unspecified atom stereocenters. The van der Waals surface area contributed by atoms with Gasteiger partial charge in [0.05, 0.1) is 12.2 Å². The van der Waals surface area contributed by atoms with Gasteiger partial charge in [0.2, 0.25) is 5.91 Å². The summed E-state index contributed by atoms with van der Waals surface area (Å²) in [5.41, 5.74) is 3.13. The van der Waals surface area contributed by atoms with Crippen LogP contribution in [-0.4, -0.2) is 12.5 Å². The second kappa shape index (κ2) is 6.59. The van der Waals surface area contributed by atoms with E-state index in [9.17, 15) is 9.18 Å². The monoisotopic (exact) mass is 306 g/mol. The van der Waals surface area contributed by atoms with Gasteiger partial charge in [0.1, 0.15) is 5.82 Å². The molecule has 0 atom stereocenters. The van der Waals surface area contributed by atoms with Crippen molar-refractivity contribution in [3.8, 4) is 0 Å². The van der Waals surface area contributed by atoms with Gasteiger partial charge in [-0.25, -0.2) is 4.39 Å². The van der Waals surface area contributed by atoms with Gasteiger partial charge in [-0.3, -0.25) is 4.79 Å². The molecule has 0 radical (unpaired) electrons. The normalized spacial score (nSPS) is 10.3. The summed E-state index contributed by atoms with van der Waals surface area (Å²) in [5, 5.41) is 5.87. The first kappa shape index (κ1) is 15.3. The largest absolute Gasteiger partial charge is 0.374 e. The Labute approximate surface area is 128 Å². The molecular formula is C16H16ClFN2O. The molecule has 3 nitrogen and oxygen atoms in total. The second-order valence-corrected chi connectivity index (χ2v) is 5.21. The quantitative estimate of drug-likeness (QED) is 0.891. The van der Waals surface area contributed by atoms with Gasteiger partial charge in [0.25, 0.3) is 0 Å². The lowest BCUT2D eigenvalue weighted by atomic mass is 10.1. The Morgan fingerprint density at radius 2 is 1.95 bits per heavy atom. The van der Waals surface area contributed by atoms with Gasteiger partial charge in [0.15, 0.2) is 0 Å². The third-order valence-corrected chi connectivity index (χ3v) is 3.48. The molecule has 0 saturated heterocycles. The highest BCUT2D eigenvalue weighted by molar-refractivity contribution is 6.30. The summed E-state index contributed by atoms with van der Waals surface area (Å²) in [6.07, 6.45) is 0. The van der Waals surface area contributed by atoms with Gasteiger partial charge in [-0.1, -0.05) is 23.7 Å². The third kappa shape index (κ3) is 3.95. The lowest BCUT2D eigenvalue weighted by molar-refractivity contribution is -0.114. The minimum atomic E-state index is -0.484. The maximum absolute atomic E-state index is 13.6. The molecule has 110 valence electrons. The molecule has 21 heavy (non-hydrogen) atoms. The van der Waals surface area contributed by atoms with Gasteiger partial charge in [-0.15, -0.1) is 0 Å². The second-order valence-electron chi connectivity index (χ2n) is 4.77. The highest BCUT2D eigenvalue weighted by Crippen LogP contribution is 2.19. The number of carbonyl (C=O) groups is 1. The lowest BCUT2D eigenvalue weighted by Crippen LogP contribution is -2.22. The molecule has 0 aliphatic heterocycles. The van der Waals surface area contributed by atoms with Crippen LogP contribution < -0.4 is 10.6 Å². The number of hydrogen-bond donors (Lipinski definition) is 2. The topological polar surface area (TPSA) is 41.1 Å². The fourth-order valence-electron chi connectivity index (χ4n) is 1.89. The Morgan fingerprint density at radius 3 is 2.67 bits per heavy atom. The molecule has 2 N–H and O–H groups in total. The molecule has 0 spiro atoms. The Bertz CT molecular complexity index is 673. The zero-order valence-electron chi connectivity index (χ0n) is 11.8. The zero-order valence-corrected chi connectivity index (χ0v) is 12.6. The highest BCUT2D eigenvalue weighted by Gasteiger charge is 2.08. The van der Waals surface area contributed by atoms with Crippen LogP contribution in [0.2, 0.25) is 5.02 Å². The summed E-state index contributed by atoms with van der Waals surface area (Å²) >= 11 is 5.67. The highest BCUT2D eigenvalue weighted by atomic mass is 35.5. The first-order valence-electron chi connectivity index (χ1n) is 6.52. The number of rotatable bonds is 4. The van der Waals surface area contributed by atoms with Crippen molar-refractivity contribution in [2.24, 2.45) is 0 Å². The van der Waals surface area contributed by atoms with Crippen LogP contribution >= 0.6 is 11.6 Å². The minimum absolute atomic E-state index is 0.0219. The van der Waals surface area contributed by atoms with Crippen LogP contribution in [0.5, 0.6) is 0 Å². The van der Waals surface area contributed by atoms with E-state index in [1.807, 2.05) is 32.0 Å². The van der Waals surface area contributed by atoms with Gasteiger partial charge in [0, 0.05) is 10.7 Å². The van der Waals surface area contributed by atoms with Crippen molar-refractivity contribution in [2.75, 3.05) is 17.2 Å². The van der Waals surface area contributed by atoms with Crippen molar-refractivity contribution in [3.05, 3.63) is 58.4 Å². The SMILES string of the molecule is Cc1cccc(NC(=O)CNc2ccc(Cl)cc2F)c1C. The predicted octanol–water partition coefficient (Wildman–Crippen LogP) is 4.15. The number of anilines is 2. The molecule has 0 aliphatic rings. The molecule has 0 heterocycles. The average Bonchev–Trinajstić information content (AvgIpc) is 2.43. The molecule has 5 heteroatoms. The van der Waals surface area contributed by atoms with Crippen LogP contribution in [0.1, 0.15) is 11.1 Å². The molecule has 1 amide bonds. The summed E-state index contributed by atoms with van der Waals surface area (Å²) < 4.78 is 13.6. The van der Waals surface area contributed by atoms with Crippen molar-refractivity contribution in [3.63, 3.8) is 0 Å². The number of halogens is 2. The molecular weight excluding hydrogens is 291 g/mol. The minimum Gasteiger partial charge on any atom is -0.374 e. The Morgan fingerprint density at radius 1 is 1.19 bits per heavy atom. The summed E-state index contributed by atoms with van der Waals surface area (Å²) in [5.74, 6) is -0.722. The Balaban J connectivity index is 1.97. The van der Waals surface area contributed by atoms with Crippen molar-refractivity contribution >= 4 is 28.9 Å². The van der Waals surface area contributed by atoms with Gasteiger partial charge < -0.3 is 10.6 Å². The van der Waals surface area contributed by atoms with E-state index in [0.29, 0.717) is 5.02 Å². The summed E-state index contributed by atoms with van der Waals surface area (Å²) in [6.45, 7) is 3.90. The molecule has 2 aromatic rings. The Hall–Kier alpha value is -2.07. The number of aryl methyl sites for hydroxylation is 1. The molecule has 0 bridgehead atoms. The smallest absolute Gasteiger partial charge is 0.243 e. The fourth-order valence-corrected chi connectivity index (χ4v) is 2.05. The number of benzene rings is 2. The van der Waals surface area contributed by atoms with Crippen molar-refractivity contribution in [1.82, 2.24) is 0 Å². The number of hydrogen-bond acceptors (Lipinski definition) is 2. The lowest BCUT2D eigenvalue weighted by Gasteiger charge is -2.11. The van der Waals surface area contributed by atoms with E-state index in [4.69, 9.17) is 11.6 Å². The van der Waals surface area contributed by atoms with E-state index in [-0.39, 0.29) is 18.1 Å². The fraction of sp³-hybridized carbons (Fsp3) is 0.188. The van der Waals surface area contributed by atoms with Crippen LogP contribution in [0.25, 0.3) is 0 Å². The summed E-state index contributed by atoms with van der Waals surface area (Å²) in [7, 11) is 0. The van der Waals surface area contributed by atoms with Crippen LogP contribution in [0.4, 0.5) is 15.8 Å². The van der Waals surface area contributed by atoms with Gasteiger partial charge >= 0.3 is 0 Å². The number of amides is 1. The van der Waals surface area contributed by atoms with E-state index in [1.54, 1.807) is 6.07 Å². The van der Waals surface area contributed by atoms with Crippen molar-refractivity contribution < 1.29 is 9.18 Å². The van der Waals surface area contributed by atoms with Crippen molar-refractivity contribution in [2.45, 2.75) is 13.8 Å². The Kier molecular flexibility index (Phi) is 4.81. The molecule has 0 saturated carbocycles. The summed E-state index contributed by atoms with van der Waals surface area (Å²) in [6, 6.07) is 9.96. The van der Waals surface area contributed by atoms with E-state index in [1.165, 1.54) is 12.1 Å². The molecule has 2 aromatic carbocycles. The van der Waals surface area contributed by atoms with E-state index < -0.39 is 5.82 Å². The standard InChI is InChI=1S/C16H16ClFN2O/c1-10-4-3-5-14(11(10)2)20-16(21)9-19-15-7-6-12(17)8-13(15)18/h3-8,19H,9H2,1-2H3,(H,20,21). The van der Waals surface area contributed by atoms with E-state index in [0.717, 1.165) is 16.8 Å². The third-order valence-electron chi connectivity index (χ3n) is 3.25. The average molecular weight is 307 g/mol. The molecule has 2 rings (SSSR count). The first-order valence-corrected chi connectivity index (χ1v) is 6.90. The first-order chi connectivity index (χ1) is 9.97. The number of nitrogens with one attached hydrogen (secondary N) is 2. The maximum Gasteiger partial charge on any atom is 0.243 e. The summed E-state index contributed by atoms with van der Waals surface area (Å²) in [4.78, 5) is 11.9. The van der Waals surface area contributed by atoms with Crippen LogP contribution in [0.3, 0.4) is 0 Å². The number of carbonyl (C=O) groups excluding carboxylic acids is 1.